The molecule has 244 valence electrons. The quantitative estimate of drug-likeness (QED) is 0.160. The maximum absolute atomic E-state index is 15.6. The van der Waals surface area contributed by atoms with Crippen molar-refractivity contribution in [2.24, 2.45) is 41.3 Å². The Labute approximate surface area is 266 Å². The second kappa shape index (κ2) is 16.6. The van der Waals surface area contributed by atoms with E-state index in [1.807, 2.05) is 58.9 Å². The number of carbonyl (C=O) groups excluding carboxylic acids is 1. The highest BCUT2D eigenvalue weighted by Crippen LogP contribution is 2.40. The summed E-state index contributed by atoms with van der Waals surface area (Å²) < 4.78 is 22.4. The Hall–Kier alpha value is -3.37. The second-order valence-electron chi connectivity index (χ2n) is 11.4. The number of anilines is 1. The molecule has 1 aliphatic rings. The Kier molecular flexibility index (Phi) is 13.9. The fourth-order valence-corrected chi connectivity index (χ4v) is 5.44. The fourth-order valence-electron chi connectivity index (χ4n) is 5.27. The number of aliphatic imine (C=N–C) groups is 1. The number of amidine groups is 1. The summed E-state index contributed by atoms with van der Waals surface area (Å²) in [4.78, 5) is 30.5. The molecular weight excluding hydrogens is 583 g/mol. The summed E-state index contributed by atoms with van der Waals surface area (Å²) in [6.07, 6.45) is 5.33. The maximum Gasteiger partial charge on any atom is 0.293 e. The number of primary amides is 1. The molecule has 2 aromatic rings. The number of fused-ring (bicyclic) bond motifs is 1. The highest BCUT2D eigenvalue weighted by atomic mass is 35.5. The minimum Gasteiger partial charge on any atom is -0.478 e. The van der Waals surface area contributed by atoms with E-state index in [9.17, 15) is 9.59 Å². The number of likely N-dealkylation sites (tertiary alicyclic amines) is 1. The third-order valence-corrected chi connectivity index (χ3v) is 8.52. The van der Waals surface area contributed by atoms with Gasteiger partial charge in [0.25, 0.3) is 11.5 Å². The van der Waals surface area contributed by atoms with Crippen LogP contribution in [0.5, 0.6) is 5.75 Å². The van der Waals surface area contributed by atoms with Crippen LogP contribution in [0.3, 0.4) is 0 Å². The van der Waals surface area contributed by atoms with Crippen molar-refractivity contribution < 1.29 is 13.9 Å². The van der Waals surface area contributed by atoms with Gasteiger partial charge in [-0.3, -0.25) is 9.59 Å². The number of hydrogen-bond acceptors (Lipinski definition) is 6. The number of pyridine rings is 1. The predicted molar refractivity (Wildman–Crippen MR) is 181 cm³/mol. The van der Waals surface area contributed by atoms with E-state index in [1.165, 1.54) is 4.57 Å². The van der Waals surface area contributed by atoms with Gasteiger partial charge in [-0.05, 0) is 57.0 Å². The molecule has 0 radical (unpaired) electrons. The summed E-state index contributed by atoms with van der Waals surface area (Å²) in [7, 11) is 1.64. The first-order valence-corrected chi connectivity index (χ1v) is 15.7. The van der Waals surface area contributed by atoms with Crippen LogP contribution in [0.15, 0.2) is 57.1 Å². The molecular formula is C33H50ClFN6O3. The number of ether oxygens (including phenoxy) is 1. The average Bonchev–Trinajstić information content (AvgIpc) is 3.00. The molecule has 4 unspecified atom stereocenters. The summed E-state index contributed by atoms with van der Waals surface area (Å²) in [5.74, 6) is -0.209. The first-order chi connectivity index (χ1) is 20.8. The predicted octanol–water partition coefficient (Wildman–Crippen LogP) is 5.91. The van der Waals surface area contributed by atoms with Crippen LogP contribution in [-0.2, 0) is 11.8 Å². The minimum absolute atomic E-state index is 0.0358. The van der Waals surface area contributed by atoms with Crippen molar-refractivity contribution in [2.75, 3.05) is 31.6 Å². The second-order valence-corrected chi connectivity index (χ2v) is 11.8. The van der Waals surface area contributed by atoms with E-state index in [0.717, 1.165) is 29.8 Å². The van der Waals surface area contributed by atoms with Crippen molar-refractivity contribution >= 4 is 39.9 Å². The number of nitrogens with two attached hydrogens (primary N) is 2. The number of aromatic nitrogens is 1. The first kappa shape index (κ1) is 36.8. The number of nitrogens with one attached hydrogen (secondary N) is 1. The van der Waals surface area contributed by atoms with Gasteiger partial charge < -0.3 is 31.0 Å². The van der Waals surface area contributed by atoms with E-state index < -0.39 is 11.6 Å². The molecule has 0 aliphatic carbocycles. The Bertz CT molecular complexity index is 1430. The van der Waals surface area contributed by atoms with E-state index in [4.69, 9.17) is 27.8 Å². The number of hydrogen-bond donors (Lipinski definition) is 3. The van der Waals surface area contributed by atoms with E-state index in [0.29, 0.717) is 35.9 Å². The summed E-state index contributed by atoms with van der Waals surface area (Å²) in [5, 5.41) is 4.52. The molecule has 0 spiro atoms. The standard InChI is InChI=1S/C31H44ClFN6O3.C2H6/c1-7-8-9-26(25(32)15-36-21(4)39-16-20(3)31(5,33)24(17-39)19(2)14-34)37-23-10-11-27-22(12-23)13-28(30(41)38(27)6)42-18-29(35)40;1-2/h9-13,15,19-20,24,37H,7-8,14,16-18,34H2,1-6H3,(H2,35,40);1-2H3/b25-15+,26-9-,36-21?;. The van der Waals surface area contributed by atoms with Crippen LogP contribution in [-0.4, -0.2) is 53.1 Å². The first-order valence-electron chi connectivity index (χ1n) is 15.4. The van der Waals surface area contributed by atoms with Crippen LogP contribution >= 0.6 is 11.6 Å². The fraction of sp³-hybridized carbons (Fsp3) is 0.545. The lowest BCUT2D eigenvalue weighted by Gasteiger charge is -2.48. The van der Waals surface area contributed by atoms with Gasteiger partial charge in [0.2, 0.25) is 0 Å². The molecule has 1 fully saturated rings. The van der Waals surface area contributed by atoms with Gasteiger partial charge in [0.15, 0.2) is 12.4 Å². The topological polar surface area (TPSA) is 128 Å². The van der Waals surface area contributed by atoms with Crippen LogP contribution in [0, 0.1) is 17.8 Å². The molecule has 4 atom stereocenters. The average molecular weight is 633 g/mol. The molecule has 0 bridgehead atoms. The molecule has 1 aromatic carbocycles. The monoisotopic (exact) mass is 632 g/mol. The Morgan fingerprint density at radius 3 is 2.61 bits per heavy atom. The van der Waals surface area contributed by atoms with Gasteiger partial charge in [0.1, 0.15) is 11.5 Å². The molecule has 0 saturated carbocycles. The van der Waals surface area contributed by atoms with Crippen LogP contribution in [0.25, 0.3) is 10.9 Å². The number of rotatable bonds is 11. The maximum atomic E-state index is 15.6. The molecule has 3 rings (SSSR count). The molecule has 5 N–H and O–H groups in total. The number of piperidine rings is 1. The lowest BCUT2D eigenvalue weighted by atomic mass is 9.71. The van der Waals surface area contributed by atoms with Gasteiger partial charge in [-0.25, -0.2) is 9.38 Å². The highest BCUT2D eigenvalue weighted by molar-refractivity contribution is 6.32. The number of nitrogens with zero attached hydrogens (tertiary/aromatic N) is 3. The van der Waals surface area contributed by atoms with Crippen molar-refractivity contribution in [3.05, 3.63) is 57.6 Å². The lowest BCUT2D eigenvalue weighted by molar-refractivity contribution is -0.119. The van der Waals surface area contributed by atoms with Crippen molar-refractivity contribution in [3.8, 4) is 5.75 Å². The van der Waals surface area contributed by atoms with Crippen molar-refractivity contribution in [1.29, 1.82) is 0 Å². The Morgan fingerprint density at radius 2 is 2.00 bits per heavy atom. The molecule has 44 heavy (non-hydrogen) atoms. The van der Waals surface area contributed by atoms with E-state index in [-0.39, 0.29) is 35.7 Å². The molecule has 9 nitrogen and oxygen atoms in total. The Morgan fingerprint density at radius 1 is 1.32 bits per heavy atom. The molecule has 1 amide bonds. The van der Waals surface area contributed by atoms with Crippen molar-refractivity contribution in [3.63, 3.8) is 0 Å². The third kappa shape index (κ3) is 9.08. The van der Waals surface area contributed by atoms with Crippen LogP contribution in [0.2, 0.25) is 0 Å². The van der Waals surface area contributed by atoms with Crippen LogP contribution < -0.4 is 27.1 Å². The zero-order chi connectivity index (χ0) is 33.2. The zero-order valence-corrected chi connectivity index (χ0v) is 28.2. The summed E-state index contributed by atoms with van der Waals surface area (Å²) in [6.45, 7) is 14.7. The SMILES string of the molecule is CC.CCC/C=C(Nc1ccc2c(c1)cc(OCC(N)=O)c(=O)n2C)/C(Cl)=C\N=C(C)N1CC(C)C(C)(F)C(C(C)CN)C1. The van der Waals surface area contributed by atoms with E-state index in [2.05, 4.69) is 22.1 Å². The summed E-state index contributed by atoms with van der Waals surface area (Å²) in [5.41, 5.74) is 11.5. The van der Waals surface area contributed by atoms with Gasteiger partial charge in [0, 0.05) is 49.2 Å². The number of alkyl halides is 1. The smallest absolute Gasteiger partial charge is 0.293 e. The van der Waals surface area contributed by atoms with Crippen molar-refractivity contribution in [2.45, 2.75) is 67.0 Å². The largest absolute Gasteiger partial charge is 0.478 e. The summed E-state index contributed by atoms with van der Waals surface area (Å²) >= 11 is 6.77. The van der Waals surface area contributed by atoms with Gasteiger partial charge in [-0.15, -0.1) is 0 Å². The number of allylic oxidation sites excluding steroid dienone is 2. The number of unbranched alkanes of at least 4 members (excludes halogenated alkanes) is 1. The van der Waals surface area contributed by atoms with Crippen LogP contribution in [0.4, 0.5) is 10.1 Å². The molecule has 2 heterocycles. The Balaban J connectivity index is 0.00000330. The molecule has 11 heteroatoms. The lowest BCUT2D eigenvalue weighted by Crippen LogP contribution is -2.57. The number of benzene rings is 1. The molecule has 1 saturated heterocycles. The normalized spacial score (nSPS) is 21.9. The van der Waals surface area contributed by atoms with E-state index >= 15 is 4.39 Å². The van der Waals surface area contributed by atoms with Gasteiger partial charge in [-0.2, -0.15) is 0 Å². The highest BCUT2D eigenvalue weighted by Gasteiger charge is 2.47. The van der Waals surface area contributed by atoms with Gasteiger partial charge >= 0.3 is 0 Å². The van der Waals surface area contributed by atoms with E-state index in [1.54, 1.807) is 26.2 Å². The number of carbonyl (C=O) groups is 1. The third-order valence-electron chi connectivity index (χ3n) is 8.22. The van der Waals surface area contributed by atoms with Crippen molar-refractivity contribution in [1.82, 2.24) is 9.47 Å². The van der Waals surface area contributed by atoms with Gasteiger partial charge in [0.05, 0.1) is 16.2 Å². The zero-order valence-electron chi connectivity index (χ0n) is 27.4. The van der Waals surface area contributed by atoms with Crippen LogP contribution in [0.1, 0.15) is 61.3 Å². The number of halogens is 2. The number of aryl methyl sites for hydroxylation is 1. The number of amides is 1. The van der Waals surface area contributed by atoms with Gasteiger partial charge in [-0.1, -0.05) is 58.7 Å². The minimum atomic E-state index is -1.30. The summed E-state index contributed by atoms with van der Waals surface area (Å²) in [6, 6.07) is 7.13. The molecule has 1 aromatic heterocycles. The molecule has 1 aliphatic heterocycles.